The summed E-state index contributed by atoms with van der Waals surface area (Å²) in [5.74, 6) is -0.710. The average molecular weight is 233 g/mol. The van der Waals surface area contributed by atoms with E-state index in [9.17, 15) is 4.79 Å². The smallest absolute Gasteiger partial charge is 0.303 e. The summed E-state index contributed by atoms with van der Waals surface area (Å²) in [6.45, 7) is 2.33. The highest BCUT2D eigenvalue weighted by Gasteiger charge is 2.11. The first kappa shape index (κ1) is 12.0. The molecule has 0 atom stereocenters. The van der Waals surface area contributed by atoms with Gasteiger partial charge in [-0.05, 0) is 43.4 Å². The average Bonchev–Trinajstić information content (AvgIpc) is 2.83. The minimum Gasteiger partial charge on any atom is -0.481 e. The fraction of sp³-hybridized carbons (Fsp3) is 0.500. The van der Waals surface area contributed by atoms with Crippen LogP contribution in [0.2, 0.25) is 0 Å². The van der Waals surface area contributed by atoms with Gasteiger partial charge in [0.25, 0.3) is 0 Å². The van der Waals surface area contributed by atoms with Crippen molar-refractivity contribution < 1.29 is 9.90 Å². The predicted molar refractivity (Wildman–Crippen MR) is 68.5 cm³/mol. The van der Waals surface area contributed by atoms with Crippen LogP contribution in [-0.4, -0.2) is 24.2 Å². The molecule has 3 nitrogen and oxygen atoms in total. The van der Waals surface area contributed by atoms with Crippen molar-refractivity contribution in [2.75, 3.05) is 18.0 Å². The second kappa shape index (κ2) is 5.71. The third-order valence-electron chi connectivity index (χ3n) is 3.26. The van der Waals surface area contributed by atoms with E-state index in [1.807, 2.05) is 0 Å². The van der Waals surface area contributed by atoms with Gasteiger partial charge in [-0.3, -0.25) is 4.79 Å². The lowest BCUT2D eigenvalue weighted by Crippen LogP contribution is -2.17. The number of benzene rings is 1. The molecule has 1 aromatic rings. The predicted octanol–water partition coefficient (Wildman–Crippen LogP) is 2.69. The molecule has 0 bridgehead atoms. The second-order valence-corrected chi connectivity index (χ2v) is 4.61. The molecule has 1 heterocycles. The van der Waals surface area contributed by atoms with Gasteiger partial charge in [0.2, 0.25) is 0 Å². The van der Waals surface area contributed by atoms with Crippen molar-refractivity contribution in [1.82, 2.24) is 0 Å². The monoisotopic (exact) mass is 233 g/mol. The number of hydrogen-bond acceptors (Lipinski definition) is 2. The van der Waals surface area contributed by atoms with Crippen molar-refractivity contribution in [3.05, 3.63) is 29.8 Å². The van der Waals surface area contributed by atoms with Crippen LogP contribution >= 0.6 is 0 Å². The van der Waals surface area contributed by atoms with Gasteiger partial charge in [-0.2, -0.15) is 0 Å². The van der Waals surface area contributed by atoms with Crippen LogP contribution in [0.15, 0.2) is 24.3 Å². The summed E-state index contributed by atoms with van der Waals surface area (Å²) in [5.41, 5.74) is 2.53. The minimum absolute atomic E-state index is 0.258. The molecule has 0 aromatic heterocycles. The van der Waals surface area contributed by atoms with Crippen molar-refractivity contribution >= 4 is 11.7 Å². The van der Waals surface area contributed by atoms with E-state index in [-0.39, 0.29) is 6.42 Å². The standard InChI is InChI=1S/C14H19NO2/c16-14(17)5-3-4-12-6-8-13(9-7-12)15-10-1-2-11-15/h6-9H,1-5,10-11H2,(H,16,17). The van der Waals surface area contributed by atoms with Gasteiger partial charge < -0.3 is 10.0 Å². The molecule has 1 fully saturated rings. The highest BCUT2D eigenvalue weighted by atomic mass is 16.4. The van der Waals surface area contributed by atoms with Crippen LogP contribution in [0.5, 0.6) is 0 Å². The molecule has 1 saturated heterocycles. The molecule has 17 heavy (non-hydrogen) atoms. The van der Waals surface area contributed by atoms with E-state index in [0.717, 1.165) is 12.8 Å². The zero-order chi connectivity index (χ0) is 12.1. The van der Waals surface area contributed by atoms with E-state index in [0.29, 0.717) is 0 Å². The highest BCUT2D eigenvalue weighted by molar-refractivity contribution is 5.66. The maximum atomic E-state index is 10.4. The van der Waals surface area contributed by atoms with Crippen molar-refractivity contribution in [2.24, 2.45) is 0 Å². The van der Waals surface area contributed by atoms with Gasteiger partial charge in [0.15, 0.2) is 0 Å². The Bertz CT molecular complexity index is 366. The fourth-order valence-electron chi connectivity index (χ4n) is 2.29. The summed E-state index contributed by atoms with van der Waals surface area (Å²) in [5, 5.41) is 8.57. The Morgan fingerprint density at radius 2 is 1.82 bits per heavy atom. The Morgan fingerprint density at radius 3 is 2.41 bits per heavy atom. The Balaban J connectivity index is 1.86. The molecule has 1 aliphatic rings. The Morgan fingerprint density at radius 1 is 1.18 bits per heavy atom. The Kier molecular flexibility index (Phi) is 4.02. The number of rotatable bonds is 5. The van der Waals surface area contributed by atoms with Crippen LogP contribution in [0.3, 0.4) is 0 Å². The lowest BCUT2D eigenvalue weighted by atomic mass is 10.1. The molecular weight excluding hydrogens is 214 g/mol. The Hall–Kier alpha value is -1.51. The first-order valence-corrected chi connectivity index (χ1v) is 6.31. The lowest BCUT2D eigenvalue weighted by Gasteiger charge is -2.17. The van der Waals surface area contributed by atoms with Crippen LogP contribution < -0.4 is 4.90 Å². The minimum atomic E-state index is -0.710. The van der Waals surface area contributed by atoms with Crippen LogP contribution in [0.4, 0.5) is 5.69 Å². The summed E-state index contributed by atoms with van der Waals surface area (Å²) >= 11 is 0. The van der Waals surface area contributed by atoms with Crippen LogP contribution in [-0.2, 0) is 11.2 Å². The van der Waals surface area contributed by atoms with E-state index >= 15 is 0 Å². The summed E-state index contributed by atoms with van der Waals surface area (Å²) in [6, 6.07) is 8.55. The van der Waals surface area contributed by atoms with Crippen LogP contribution in [0.1, 0.15) is 31.2 Å². The molecule has 1 aromatic carbocycles. The molecule has 1 aliphatic heterocycles. The van der Waals surface area contributed by atoms with Crippen molar-refractivity contribution in [2.45, 2.75) is 32.1 Å². The molecule has 2 rings (SSSR count). The highest BCUT2D eigenvalue weighted by Crippen LogP contribution is 2.20. The quantitative estimate of drug-likeness (QED) is 0.850. The van der Waals surface area contributed by atoms with E-state index < -0.39 is 5.97 Å². The van der Waals surface area contributed by atoms with Gasteiger partial charge in [-0.1, -0.05) is 12.1 Å². The number of anilines is 1. The molecule has 0 unspecified atom stereocenters. The van der Waals surface area contributed by atoms with E-state index in [2.05, 4.69) is 29.2 Å². The maximum Gasteiger partial charge on any atom is 0.303 e. The van der Waals surface area contributed by atoms with Crippen molar-refractivity contribution in [1.29, 1.82) is 0 Å². The van der Waals surface area contributed by atoms with Crippen LogP contribution in [0, 0.1) is 0 Å². The third-order valence-corrected chi connectivity index (χ3v) is 3.26. The number of aliphatic carboxylic acids is 1. The van der Waals surface area contributed by atoms with Gasteiger partial charge in [0.1, 0.15) is 0 Å². The molecule has 0 aliphatic carbocycles. The summed E-state index contributed by atoms with van der Waals surface area (Å²) in [7, 11) is 0. The first-order chi connectivity index (χ1) is 8.25. The SMILES string of the molecule is O=C(O)CCCc1ccc(N2CCCC2)cc1. The normalized spacial score (nSPS) is 15.2. The number of aryl methyl sites for hydroxylation is 1. The fourth-order valence-corrected chi connectivity index (χ4v) is 2.29. The molecule has 3 heteroatoms. The second-order valence-electron chi connectivity index (χ2n) is 4.61. The molecule has 0 spiro atoms. The number of carboxylic acid groups (broad SMARTS) is 1. The van der Waals surface area contributed by atoms with Gasteiger partial charge in [-0.15, -0.1) is 0 Å². The number of nitrogens with zero attached hydrogens (tertiary/aromatic N) is 1. The van der Waals surface area contributed by atoms with Gasteiger partial charge in [-0.25, -0.2) is 0 Å². The zero-order valence-electron chi connectivity index (χ0n) is 10.1. The lowest BCUT2D eigenvalue weighted by molar-refractivity contribution is -0.137. The van der Waals surface area contributed by atoms with Crippen LogP contribution in [0.25, 0.3) is 0 Å². The molecular formula is C14H19NO2. The number of carbonyl (C=O) groups is 1. The summed E-state index contributed by atoms with van der Waals surface area (Å²) < 4.78 is 0. The zero-order valence-corrected chi connectivity index (χ0v) is 10.1. The molecule has 1 N–H and O–H groups in total. The largest absolute Gasteiger partial charge is 0.481 e. The van der Waals surface area contributed by atoms with Crippen molar-refractivity contribution in [3.63, 3.8) is 0 Å². The first-order valence-electron chi connectivity index (χ1n) is 6.31. The maximum absolute atomic E-state index is 10.4. The summed E-state index contributed by atoms with van der Waals surface area (Å²) in [4.78, 5) is 12.8. The van der Waals surface area contributed by atoms with E-state index in [4.69, 9.17) is 5.11 Å². The molecule has 0 amide bonds. The topological polar surface area (TPSA) is 40.5 Å². The van der Waals surface area contributed by atoms with E-state index in [1.54, 1.807) is 0 Å². The Labute approximate surface area is 102 Å². The van der Waals surface area contributed by atoms with Gasteiger partial charge in [0.05, 0.1) is 0 Å². The summed E-state index contributed by atoms with van der Waals surface area (Å²) in [6.07, 6.45) is 4.42. The van der Waals surface area contributed by atoms with Crippen molar-refractivity contribution in [3.8, 4) is 0 Å². The molecule has 0 saturated carbocycles. The van der Waals surface area contributed by atoms with Gasteiger partial charge in [0, 0.05) is 25.2 Å². The number of carboxylic acids is 1. The molecule has 92 valence electrons. The third kappa shape index (κ3) is 3.48. The molecule has 0 radical (unpaired) electrons. The van der Waals surface area contributed by atoms with E-state index in [1.165, 1.54) is 37.2 Å². The number of hydrogen-bond donors (Lipinski definition) is 1. The van der Waals surface area contributed by atoms with Gasteiger partial charge >= 0.3 is 5.97 Å².